The lowest BCUT2D eigenvalue weighted by Gasteiger charge is -2.31. The molecule has 1 fully saturated rings. The van der Waals surface area contributed by atoms with Gasteiger partial charge in [-0.2, -0.15) is 0 Å². The molecular weight excluding hydrogens is 416 g/mol. The number of unbranched alkanes of at least 4 members (excludes halogenated alkanes) is 2. The first-order valence-electron chi connectivity index (χ1n) is 11.8. The summed E-state index contributed by atoms with van der Waals surface area (Å²) >= 11 is 0. The van der Waals surface area contributed by atoms with Gasteiger partial charge < -0.3 is 9.88 Å². The number of imide groups is 1. The molecule has 3 heterocycles. The molecule has 0 radical (unpaired) electrons. The van der Waals surface area contributed by atoms with Crippen LogP contribution in [0.25, 0.3) is 11.0 Å². The lowest BCUT2D eigenvalue weighted by Crippen LogP contribution is -2.38. The van der Waals surface area contributed by atoms with Crippen molar-refractivity contribution in [2.24, 2.45) is 0 Å². The molecule has 33 heavy (non-hydrogen) atoms. The third-order valence-corrected chi connectivity index (χ3v) is 6.79. The van der Waals surface area contributed by atoms with Crippen molar-refractivity contribution in [1.82, 2.24) is 19.8 Å². The second-order valence-corrected chi connectivity index (χ2v) is 8.91. The second-order valence-electron chi connectivity index (χ2n) is 8.91. The highest BCUT2D eigenvalue weighted by Gasteiger charge is 2.34. The number of para-hydroxylation sites is 2. The Morgan fingerprint density at radius 1 is 0.909 bits per heavy atom. The number of nitrogens with one attached hydrogen (secondary N) is 1. The predicted octanol–water partition coefficient (Wildman–Crippen LogP) is 4.13. The first-order chi connectivity index (χ1) is 16.1. The van der Waals surface area contributed by atoms with E-state index in [4.69, 9.17) is 4.98 Å². The number of rotatable bonds is 7. The third-order valence-electron chi connectivity index (χ3n) is 6.79. The van der Waals surface area contributed by atoms with Gasteiger partial charge in [-0.05, 0) is 49.9 Å². The van der Waals surface area contributed by atoms with Crippen LogP contribution >= 0.6 is 0 Å². The maximum atomic E-state index is 12.6. The summed E-state index contributed by atoms with van der Waals surface area (Å²) in [6.45, 7) is 1.93. The number of aromatic nitrogens is 2. The zero-order valence-electron chi connectivity index (χ0n) is 18.6. The van der Waals surface area contributed by atoms with Gasteiger partial charge in [0.25, 0.3) is 11.8 Å². The number of piperidine rings is 1. The van der Waals surface area contributed by atoms with Crippen LogP contribution in [0.5, 0.6) is 0 Å². The molecule has 3 aromatic rings. The molecule has 2 aliphatic rings. The van der Waals surface area contributed by atoms with Crippen molar-refractivity contribution in [1.29, 1.82) is 0 Å². The Balaban J connectivity index is 1.03. The molecule has 3 amide bonds. The minimum Gasteiger partial charge on any atom is -0.343 e. The average molecular weight is 445 g/mol. The third kappa shape index (κ3) is 4.27. The van der Waals surface area contributed by atoms with Crippen LogP contribution in [0.1, 0.15) is 71.0 Å². The fraction of sp³-hybridized carbons (Fsp3) is 0.385. The molecule has 0 spiro atoms. The SMILES string of the molecule is O=C(CCCCCN1C(=O)c2ccccc2C1=O)N1CCC(c2nc3ccccc3[nH]2)CC1. The van der Waals surface area contributed by atoms with Crippen molar-refractivity contribution in [2.45, 2.75) is 44.4 Å². The van der Waals surface area contributed by atoms with E-state index in [-0.39, 0.29) is 17.7 Å². The van der Waals surface area contributed by atoms with E-state index in [9.17, 15) is 14.4 Å². The summed E-state index contributed by atoms with van der Waals surface area (Å²) in [5, 5.41) is 0. The Morgan fingerprint density at radius 3 is 2.27 bits per heavy atom. The van der Waals surface area contributed by atoms with E-state index in [0.717, 1.165) is 55.6 Å². The van der Waals surface area contributed by atoms with E-state index in [1.807, 2.05) is 29.2 Å². The van der Waals surface area contributed by atoms with Gasteiger partial charge >= 0.3 is 0 Å². The molecule has 0 saturated carbocycles. The summed E-state index contributed by atoms with van der Waals surface area (Å²) in [7, 11) is 0. The number of H-pyrrole nitrogens is 1. The molecule has 7 heteroatoms. The number of aromatic amines is 1. The zero-order chi connectivity index (χ0) is 22.8. The first kappa shape index (κ1) is 21.4. The molecule has 0 atom stereocenters. The molecule has 1 saturated heterocycles. The molecule has 0 aliphatic carbocycles. The van der Waals surface area contributed by atoms with Crippen LogP contribution in [-0.4, -0.2) is 57.1 Å². The number of likely N-dealkylation sites (tertiary alicyclic amines) is 1. The van der Waals surface area contributed by atoms with Crippen LogP contribution in [0.4, 0.5) is 0 Å². The number of fused-ring (bicyclic) bond motifs is 2. The molecule has 7 nitrogen and oxygen atoms in total. The van der Waals surface area contributed by atoms with Gasteiger partial charge in [0.1, 0.15) is 5.82 Å². The summed E-state index contributed by atoms with van der Waals surface area (Å²) in [6.07, 6.45) is 4.65. The molecule has 0 bridgehead atoms. The highest BCUT2D eigenvalue weighted by atomic mass is 16.2. The maximum Gasteiger partial charge on any atom is 0.261 e. The van der Waals surface area contributed by atoms with Gasteiger partial charge in [0.2, 0.25) is 5.91 Å². The fourth-order valence-corrected chi connectivity index (χ4v) is 4.89. The number of carbonyl (C=O) groups is 3. The summed E-state index contributed by atoms with van der Waals surface area (Å²) < 4.78 is 0. The van der Waals surface area contributed by atoms with Gasteiger partial charge in [-0.1, -0.05) is 30.7 Å². The Morgan fingerprint density at radius 2 is 1.58 bits per heavy atom. The molecule has 0 unspecified atom stereocenters. The van der Waals surface area contributed by atoms with Crippen molar-refractivity contribution in [3.63, 3.8) is 0 Å². The Kier molecular flexibility index (Phi) is 5.94. The smallest absolute Gasteiger partial charge is 0.261 e. The van der Waals surface area contributed by atoms with Gasteiger partial charge in [-0.3, -0.25) is 19.3 Å². The molecule has 1 N–H and O–H groups in total. The lowest BCUT2D eigenvalue weighted by molar-refractivity contribution is -0.132. The van der Waals surface area contributed by atoms with E-state index < -0.39 is 0 Å². The molecule has 1 aromatic heterocycles. The van der Waals surface area contributed by atoms with Crippen LogP contribution in [0.15, 0.2) is 48.5 Å². The van der Waals surface area contributed by atoms with Gasteiger partial charge in [-0.25, -0.2) is 4.98 Å². The van der Waals surface area contributed by atoms with Crippen molar-refractivity contribution < 1.29 is 14.4 Å². The van der Waals surface area contributed by atoms with Crippen molar-refractivity contribution in [2.75, 3.05) is 19.6 Å². The Bertz CT molecular complexity index is 1120. The zero-order valence-corrected chi connectivity index (χ0v) is 18.6. The van der Waals surface area contributed by atoms with Gasteiger partial charge in [-0.15, -0.1) is 0 Å². The highest BCUT2D eigenvalue weighted by Crippen LogP contribution is 2.28. The van der Waals surface area contributed by atoms with Crippen LogP contribution in [0, 0.1) is 0 Å². The largest absolute Gasteiger partial charge is 0.343 e. The normalized spacial score (nSPS) is 16.6. The van der Waals surface area contributed by atoms with Crippen LogP contribution in [-0.2, 0) is 4.79 Å². The lowest BCUT2D eigenvalue weighted by atomic mass is 9.96. The van der Waals surface area contributed by atoms with E-state index >= 15 is 0 Å². The minimum absolute atomic E-state index is 0.193. The molecule has 2 aliphatic heterocycles. The number of hydrogen-bond acceptors (Lipinski definition) is 4. The van der Waals surface area contributed by atoms with Gasteiger partial charge in [0.15, 0.2) is 0 Å². The topological polar surface area (TPSA) is 86.4 Å². The minimum atomic E-state index is -0.209. The number of carbonyl (C=O) groups excluding carboxylic acids is 3. The standard InChI is InChI=1S/C26H28N4O3/c31-23(12-2-1-7-15-30-25(32)19-8-3-4-9-20(19)26(30)33)29-16-13-18(14-17-29)24-27-21-10-5-6-11-22(21)28-24/h3-6,8-11,18H,1-2,7,12-17H2,(H,27,28). The maximum absolute atomic E-state index is 12.6. The Labute approximate surface area is 192 Å². The van der Waals surface area contributed by atoms with Gasteiger partial charge in [0.05, 0.1) is 22.2 Å². The molecular formula is C26H28N4O3. The summed E-state index contributed by atoms with van der Waals surface area (Å²) in [5.41, 5.74) is 3.03. The first-order valence-corrected chi connectivity index (χ1v) is 11.8. The van der Waals surface area contributed by atoms with Crippen molar-refractivity contribution >= 4 is 28.8 Å². The second kappa shape index (κ2) is 9.17. The number of benzene rings is 2. The van der Waals surface area contributed by atoms with E-state index in [2.05, 4.69) is 4.98 Å². The van der Waals surface area contributed by atoms with Crippen LogP contribution in [0.3, 0.4) is 0 Å². The summed E-state index contributed by atoms with van der Waals surface area (Å²) in [5.74, 6) is 1.16. The quantitative estimate of drug-likeness (QED) is 0.439. The number of hydrogen-bond donors (Lipinski definition) is 1. The van der Waals surface area contributed by atoms with Crippen molar-refractivity contribution in [3.05, 3.63) is 65.5 Å². The summed E-state index contributed by atoms with van der Waals surface area (Å²) in [4.78, 5) is 48.9. The van der Waals surface area contributed by atoms with Crippen molar-refractivity contribution in [3.8, 4) is 0 Å². The van der Waals surface area contributed by atoms with E-state index in [1.54, 1.807) is 24.3 Å². The van der Waals surface area contributed by atoms with E-state index in [1.165, 1.54) is 4.90 Å². The molecule has 5 rings (SSSR count). The summed E-state index contributed by atoms with van der Waals surface area (Å²) in [6, 6.07) is 15.0. The van der Waals surface area contributed by atoms with Crippen LogP contribution in [0.2, 0.25) is 0 Å². The molecule has 2 aromatic carbocycles. The monoisotopic (exact) mass is 444 g/mol. The van der Waals surface area contributed by atoms with Crippen LogP contribution < -0.4 is 0 Å². The number of amides is 3. The molecule has 170 valence electrons. The Hall–Kier alpha value is -3.48. The number of imidazole rings is 1. The van der Waals surface area contributed by atoms with E-state index in [0.29, 0.717) is 36.4 Å². The highest BCUT2D eigenvalue weighted by molar-refractivity contribution is 6.21. The van der Waals surface area contributed by atoms with Gasteiger partial charge in [0, 0.05) is 32.0 Å². The fourth-order valence-electron chi connectivity index (χ4n) is 4.89. The number of nitrogens with zero attached hydrogens (tertiary/aromatic N) is 3. The average Bonchev–Trinajstić information content (AvgIpc) is 3.39. The predicted molar refractivity (Wildman–Crippen MR) is 125 cm³/mol.